The maximum Gasteiger partial charge on any atom is 0.417 e. The molecule has 0 saturated carbocycles. The lowest BCUT2D eigenvalue weighted by Crippen LogP contribution is -2.46. The van der Waals surface area contributed by atoms with E-state index in [1.54, 1.807) is 0 Å². The second-order valence-electron chi connectivity index (χ2n) is 8.54. The molecule has 1 fully saturated rings. The number of ether oxygens (including phenoxy) is 2. The van der Waals surface area contributed by atoms with E-state index in [0.29, 0.717) is 0 Å². The van der Waals surface area contributed by atoms with Crippen LogP contribution in [0.25, 0.3) is 11.0 Å². The quantitative estimate of drug-likeness (QED) is 0.447. The van der Waals surface area contributed by atoms with Gasteiger partial charge in [-0.1, -0.05) is 13.0 Å². The monoisotopic (exact) mass is 513 g/mol. The van der Waals surface area contributed by atoms with E-state index in [1.807, 2.05) is 0 Å². The molecule has 3 aromatic rings. The standard InChI is InChI=1S/C22H20F5N5O4/c1-7-12(8-4-5-9(23)13(24)16(8)35-3)17(36-21(7,2)22(25,26)27)20-31-10-6-11(18(28)33)30-15(19(29)34)14(10)32-20/h4-7,12,17H,1-3H3,(H2,28,33)(H2,29,34)(H,31,32)/t7-,12-,17+,21+/m0/s1. The van der Waals surface area contributed by atoms with Crippen LogP contribution in [-0.4, -0.2) is 45.7 Å². The number of rotatable bonds is 5. The van der Waals surface area contributed by atoms with Gasteiger partial charge in [-0.15, -0.1) is 0 Å². The molecular weight excluding hydrogens is 493 g/mol. The van der Waals surface area contributed by atoms with Crippen molar-refractivity contribution >= 4 is 22.8 Å². The van der Waals surface area contributed by atoms with Crippen molar-refractivity contribution in [3.8, 4) is 5.75 Å². The normalized spacial score (nSPS) is 24.3. The number of H-pyrrole nitrogens is 1. The molecule has 3 heterocycles. The van der Waals surface area contributed by atoms with Crippen molar-refractivity contribution in [3.05, 3.63) is 52.6 Å². The Kier molecular flexibility index (Phi) is 5.90. The van der Waals surface area contributed by atoms with Crippen molar-refractivity contribution in [2.75, 3.05) is 7.11 Å². The second-order valence-corrected chi connectivity index (χ2v) is 8.54. The molecule has 4 rings (SSSR count). The second kappa shape index (κ2) is 8.40. The molecule has 0 aliphatic carbocycles. The van der Waals surface area contributed by atoms with Crippen molar-refractivity contribution in [3.63, 3.8) is 0 Å². The first-order valence-corrected chi connectivity index (χ1v) is 10.5. The Hall–Kier alpha value is -3.81. The number of pyridine rings is 1. The number of primary amides is 2. The number of methoxy groups -OCH3 is 1. The number of hydrogen-bond acceptors (Lipinski definition) is 6. The van der Waals surface area contributed by atoms with Gasteiger partial charge in [0.1, 0.15) is 23.1 Å². The highest BCUT2D eigenvalue weighted by molar-refractivity contribution is 6.04. The molecule has 2 aromatic heterocycles. The molecule has 14 heteroatoms. The summed E-state index contributed by atoms with van der Waals surface area (Å²) in [5, 5.41) is 0. The number of nitrogens with two attached hydrogens (primary N) is 2. The topological polar surface area (TPSA) is 146 Å². The lowest BCUT2D eigenvalue weighted by molar-refractivity contribution is -0.275. The van der Waals surface area contributed by atoms with Crippen LogP contribution in [0.4, 0.5) is 22.0 Å². The number of fused-ring (bicyclic) bond motifs is 1. The van der Waals surface area contributed by atoms with Crippen molar-refractivity contribution in [1.82, 2.24) is 15.0 Å². The zero-order valence-electron chi connectivity index (χ0n) is 19.0. The Balaban J connectivity index is 1.97. The molecule has 0 radical (unpaired) electrons. The van der Waals surface area contributed by atoms with E-state index in [0.717, 1.165) is 32.2 Å². The van der Waals surface area contributed by atoms with Crippen molar-refractivity contribution in [2.45, 2.75) is 37.6 Å². The maximum atomic E-state index is 14.5. The van der Waals surface area contributed by atoms with Crippen LogP contribution in [0.15, 0.2) is 18.2 Å². The fraction of sp³-hybridized carbons (Fsp3) is 0.364. The molecule has 1 saturated heterocycles. The Labute approximate surface area is 200 Å². The van der Waals surface area contributed by atoms with E-state index in [-0.39, 0.29) is 28.1 Å². The number of aromatic nitrogens is 3. The van der Waals surface area contributed by atoms with Gasteiger partial charge in [-0.3, -0.25) is 9.59 Å². The van der Waals surface area contributed by atoms with Crippen LogP contribution in [0.3, 0.4) is 0 Å². The number of imidazole rings is 1. The number of carbonyl (C=O) groups is 2. The van der Waals surface area contributed by atoms with Crippen LogP contribution in [-0.2, 0) is 4.74 Å². The first-order valence-electron chi connectivity index (χ1n) is 10.5. The highest BCUT2D eigenvalue weighted by Crippen LogP contribution is 2.59. The highest BCUT2D eigenvalue weighted by Gasteiger charge is 2.65. The molecule has 1 aliphatic heterocycles. The molecule has 0 unspecified atom stereocenters. The molecule has 0 bridgehead atoms. The Morgan fingerprint density at radius 3 is 2.39 bits per heavy atom. The molecule has 5 N–H and O–H groups in total. The van der Waals surface area contributed by atoms with Gasteiger partial charge in [0.25, 0.3) is 11.8 Å². The number of aromatic amines is 1. The lowest BCUT2D eigenvalue weighted by atomic mass is 9.77. The summed E-state index contributed by atoms with van der Waals surface area (Å²) in [6.07, 6.45) is -6.37. The summed E-state index contributed by atoms with van der Waals surface area (Å²) in [6, 6.07) is 3.03. The van der Waals surface area contributed by atoms with E-state index in [1.165, 1.54) is 6.92 Å². The highest BCUT2D eigenvalue weighted by atomic mass is 19.4. The summed E-state index contributed by atoms with van der Waals surface area (Å²) in [6.45, 7) is 2.09. The molecule has 36 heavy (non-hydrogen) atoms. The zero-order valence-corrected chi connectivity index (χ0v) is 19.0. The van der Waals surface area contributed by atoms with Gasteiger partial charge in [-0.2, -0.15) is 17.6 Å². The summed E-state index contributed by atoms with van der Waals surface area (Å²) in [5.74, 6) is -8.07. The average Bonchev–Trinajstić information content (AvgIpc) is 3.34. The van der Waals surface area contributed by atoms with Gasteiger partial charge in [0.05, 0.1) is 12.6 Å². The number of carbonyl (C=O) groups excluding carboxylic acids is 2. The van der Waals surface area contributed by atoms with Gasteiger partial charge >= 0.3 is 6.18 Å². The zero-order chi connectivity index (χ0) is 26.7. The predicted octanol–water partition coefficient (Wildman–Crippen LogP) is 3.25. The third-order valence-electron chi connectivity index (χ3n) is 6.56. The molecule has 0 spiro atoms. The van der Waals surface area contributed by atoms with Crippen molar-refractivity contribution in [2.24, 2.45) is 17.4 Å². The minimum atomic E-state index is -4.86. The van der Waals surface area contributed by atoms with Crippen LogP contribution in [0.1, 0.15) is 58.2 Å². The summed E-state index contributed by atoms with van der Waals surface area (Å²) in [5.41, 5.74) is 6.85. The van der Waals surface area contributed by atoms with E-state index >= 15 is 0 Å². The van der Waals surface area contributed by atoms with Gasteiger partial charge in [-0.05, 0) is 19.1 Å². The van der Waals surface area contributed by atoms with Crippen molar-refractivity contribution in [1.29, 1.82) is 0 Å². The summed E-state index contributed by atoms with van der Waals surface area (Å²) >= 11 is 0. The van der Waals surface area contributed by atoms with Crippen LogP contribution >= 0.6 is 0 Å². The number of alkyl halides is 3. The summed E-state index contributed by atoms with van der Waals surface area (Å²) < 4.78 is 81.5. The van der Waals surface area contributed by atoms with E-state index < -0.39 is 64.6 Å². The number of hydrogen-bond donors (Lipinski definition) is 3. The minimum absolute atomic E-state index is 0.0236. The smallest absolute Gasteiger partial charge is 0.417 e. The van der Waals surface area contributed by atoms with Gasteiger partial charge in [0.15, 0.2) is 22.9 Å². The SMILES string of the molecule is COc1c([C@H]2[C@H](c3nc4c(C(N)=O)nc(C(N)=O)cc4[nH]3)O[C@@](C)(C(F)(F)F)[C@H]2C)ccc(F)c1F. The number of nitrogens with zero attached hydrogens (tertiary/aromatic N) is 2. The summed E-state index contributed by atoms with van der Waals surface area (Å²) in [4.78, 5) is 34.3. The van der Waals surface area contributed by atoms with Gasteiger partial charge in [-0.25, -0.2) is 14.4 Å². The van der Waals surface area contributed by atoms with Crippen LogP contribution < -0.4 is 16.2 Å². The maximum absolute atomic E-state index is 14.5. The fourth-order valence-electron chi connectivity index (χ4n) is 4.52. The van der Waals surface area contributed by atoms with E-state index in [2.05, 4.69) is 15.0 Å². The average molecular weight is 513 g/mol. The lowest BCUT2D eigenvalue weighted by Gasteiger charge is -2.32. The van der Waals surface area contributed by atoms with Crippen LogP contribution in [0, 0.1) is 17.6 Å². The first kappa shape index (κ1) is 25.3. The van der Waals surface area contributed by atoms with Crippen LogP contribution in [0.2, 0.25) is 0 Å². The molecular formula is C22H20F5N5O4. The van der Waals surface area contributed by atoms with Gasteiger partial charge in [0.2, 0.25) is 5.82 Å². The fourth-order valence-corrected chi connectivity index (χ4v) is 4.52. The Bertz CT molecular complexity index is 1390. The molecule has 9 nitrogen and oxygen atoms in total. The van der Waals surface area contributed by atoms with Gasteiger partial charge < -0.3 is 25.9 Å². The molecule has 2 amide bonds. The Morgan fingerprint density at radius 2 is 1.83 bits per heavy atom. The third kappa shape index (κ3) is 3.72. The number of benzene rings is 1. The number of amides is 2. The predicted molar refractivity (Wildman–Crippen MR) is 114 cm³/mol. The first-order chi connectivity index (χ1) is 16.7. The number of halogens is 5. The molecule has 1 aliphatic rings. The largest absolute Gasteiger partial charge is 0.493 e. The van der Waals surface area contributed by atoms with E-state index in [4.69, 9.17) is 20.9 Å². The van der Waals surface area contributed by atoms with Crippen molar-refractivity contribution < 1.29 is 41.0 Å². The summed E-state index contributed by atoms with van der Waals surface area (Å²) in [7, 11) is 1.05. The molecule has 4 atom stereocenters. The van der Waals surface area contributed by atoms with Crippen LogP contribution in [0.5, 0.6) is 5.75 Å². The minimum Gasteiger partial charge on any atom is -0.493 e. The number of nitrogens with one attached hydrogen (secondary N) is 1. The third-order valence-corrected chi connectivity index (χ3v) is 6.56. The van der Waals surface area contributed by atoms with Gasteiger partial charge in [0, 0.05) is 17.4 Å². The van der Waals surface area contributed by atoms with E-state index in [9.17, 15) is 31.5 Å². The Morgan fingerprint density at radius 1 is 1.17 bits per heavy atom. The molecule has 1 aromatic carbocycles. The molecule has 192 valence electrons.